The number of thiophene rings is 1. The Balaban J connectivity index is 2.55. The number of aromatic nitrogens is 2. The lowest BCUT2D eigenvalue weighted by molar-refractivity contribution is 0.180. The SMILES string of the molecule is COCc1nc(-c2cc(Br)c(Cl)s2)[nH]c(=O)c1I. The summed E-state index contributed by atoms with van der Waals surface area (Å²) < 4.78 is 6.99. The van der Waals surface area contributed by atoms with Gasteiger partial charge in [-0.25, -0.2) is 4.98 Å². The largest absolute Gasteiger partial charge is 0.378 e. The highest BCUT2D eigenvalue weighted by Crippen LogP contribution is 2.36. The van der Waals surface area contributed by atoms with Crippen molar-refractivity contribution >= 4 is 61.5 Å². The fourth-order valence-electron chi connectivity index (χ4n) is 1.32. The van der Waals surface area contributed by atoms with Crippen molar-refractivity contribution in [3.8, 4) is 10.7 Å². The van der Waals surface area contributed by atoms with Gasteiger partial charge in [0.15, 0.2) is 5.82 Å². The quantitative estimate of drug-likeness (QED) is 0.710. The number of methoxy groups -OCH3 is 1. The molecule has 0 aliphatic heterocycles. The van der Waals surface area contributed by atoms with Gasteiger partial charge in [0.25, 0.3) is 5.56 Å². The van der Waals surface area contributed by atoms with E-state index in [2.05, 4.69) is 25.9 Å². The van der Waals surface area contributed by atoms with E-state index in [0.717, 1.165) is 9.35 Å². The van der Waals surface area contributed by atoms with Crippen LogP contribution in [-0.2, 0) is 11.3 Å². The van der Waals surface area contributed by atoms with Gasteiger partial charge >= 0.3 is 0 Å². The second-order valence-electron chi connectivity index (χ2n) is 3.34. The molecule has 0 unspecified atom stereocenters. The van der Waals surface area contributed by atoms with Crippen molar-refractivity contribution in [2.24, 2.45) is 0 Å². The molecule has 0 atom stereocenters. The number of rotatable bonds is 3. The van der Waals surface area contributed by atoms with Crippen LogP contribution in [0, 0.1) is 3.57 Å². The van der Waals surface area contributed by atoms with Crippen molar-refractivity contribution in [1.82, 2.24) is 9.97 Å². The van der Waals surface area contributed by atoms with Gasteiger partial charge < -0.3 is 9.72 Å². The smallest absolute Gasteiger partial charge is 0.264 e. The minimum Gasteiger partial charge on any atom is -0.378 e. The van der Waals surface area contributed by atoms with Crippen LogP contribution in [0.1, 0.15) is 5.69 Å². The number of nitrogens with one attached hydrogen (secondary N) is 1. The molecule has 2 aromatic rings. The third kappa shape index (κ3) is 2.96. The van der Waals surface area contributed by atoms with E-state index in [-0.39, 0.29) is 5.56 Å². The lowest BCUT2D eigenvalue weighted by Crippen LogP contribution is -2.16. The molecule has 0 aliphatic rings. The second-order valence-corrected chi connectivity index (χ2v) is 6.93. The van der Waals surface area contributed by atoms with Gasteiger partial charge in [-0.2, -0.15) is 0 Å². The van der Waals surface area contributed by atoms with Crippen LogP contribution in [0.4, 0.5) is 0 Å². The highest BCUT2D eigenvalue weighted by atomic mass is 127. The Bertz CT molecular complexity index is 624. The van der Waals surface area contributed by atoms with Crippen LogP contribution in [0.15, 0.2) is 15.3 Å². The van der Waals surface area contributed by atoms with E-state index in [0.29, 0.717) is 26.0 Å². The maximum absolute atomic E-state index is 11.8. The van der Waals surface area contributed by atoms with Crippen LogP contribution in [0.3, 0.4) is 0 Å². The minimum atomic E-state index is -0.173. The van der Waals surface area contributed by atoms with Crippen LogP contribution >= 0.6 is 61.5 Å². The van der Waals surface area contributed by atoms with Crippen LogP contribution in [-0.4, -0.2) is 17.1 Å². The number of hydrogen-bond donors (Lipinski definition) is 1. The zero-order valence-electron chi connectivity index (χ0n) is 9.09. The summed E-state index contributed by atoms with van der Waals surface area (Å²) in [4.78, 5) is 19.7. The summed E-state index contributed by atoms with van der Waals surface area (Å²) in [6.07, 6.45) is 0. The molecular formula is C10H7BrClIN2O2S. The molecule has 0 fully saturated rings. The molecule has 8 heteroatoms. The summed E-state index contributed by atoms with van der Waals surface area (Å²) in [7, 11) is 1.57. The molecule has 2 rings (SSSR count). The standard InChI is InChI=1S/C10H7BrClIN2O2S/c1-17-3-5-7(13)10(16)15-9(14-5)6-2-4(11)8(12)18-6/h2H,3H2,1H3,(H,14,15,16). The molecule has 0 aromatic carbocycles. The molecule has 2 aromatic heterocycles. The summed E-state index contributed by atoms with van der Waals surface area (Å²) in [5.41, 5.74) is 0.450. The molecule has 4 nitrogen and oxygen atoms in total. The highest BCUT2D eigenvalue weighted by molar-refractivity contribution is 14.1. The topological polar surface area (TPSA) is 55.0 Å². The molecular weight excluding hydrogens is 454 g/mol. The Kier molecular flexibility index (Phi) is 4.81. The van der Waals surface area contributed by atoms with Crippen molar-refractivity contribution in [2.45, 2.75) is 6.61 Å². The first-order valence-corrected chi connectivity index (χ1v) is 7.82. The lowest BCUT2D eigenvalue weighted by Gasteiger charge is -2.04. The Hall–Kier alpha value is 0.0400. The van der Waals surface area contributed by atoms with E-state index >= 15 is 0 Å². The van der Waals surface area contributed by atoms with E-state index in [9.17, 15) is 4.79 Å². The third-order valence-corrected chi connectivity index (χ3v) is 5.68. The molecule has 0 aliphatic carbocycles. The minimum absolute atomic E-state index is 0.173. The fraction of sp³-hybridized carbons (Fsp3) is 0.200. The first-order valence-electron chi connectivity index (χ1n) is 4.75. The summed E-state index contributed by atoms with van der Waals surface area (Å²) in [5, 5.41) is 0. The number of nitrogens with zero attached hydrogens (tertiary/aromatic N) is 1. The second kappa shape index (κ2) is 6.00. The number of ether oxygens (including phenoxy) is 1. The van der Waals surface area contributed by atoms with E-state index in [1.807, 2.05) is 28.7 Å². The number of H-pyrrole nitrogens is 1. The van der Waals surface area contributed by atoms with Gasteiger partial charge in [0, 0.05) is 11.6 Å². The molecule has 18 heavy (non-hydrogen) atoms. The number of aromatic amines is 1. The van der Waals surface area contributed by atoms with Gasteiger partial charge in [0.1, 0.15) is 7.91 Å². The van der Waals surface area contributed by atoms with E-state index in [4.69, 9.17) is 16.3 Å². The zero-order chi connectivity index (χ0) is 13.3. The van der Waals surface area contributed by atoms with Gasteiger partial charge in [-0.3, -0.25) is 4.79 Å². The first-order chi connectivity index (χ1) is 8.52. The Morgan fingerprint density at radius 3 is 2.94 bits per heavy atom. The van der Waals surface area contributed by atoms with Gasteiger partial charge in [-0.15, -0.1) is 11.3 Å². The average Bonchev–Trinajstić information content (AvgIpc) is 2.65. The van der Waals surface area contributed by atoms with Crippen LogP contribution in [0.25, 0.3) is 10.7 Å². The summed E-state index contributed by atoms with van der Waals surface area (Å²) in [5.74, 6) is 0.505. The Labute approximate surface area is 134 Å². The Morgan fingerprint density at radius 1 is 1.67 bits per heavy atom. The van der Waals surface area contributed by atoms with Gasteiger partial charge in [0.05, 0.1) is 17.2 Å². The van der Waals surface area contributed by atoms with Crippen molar-refractivity contribution in [1.29, 1.82) is 0 Å². The Morgan fingerprint density at radius 2 is 2.39 bits per heavy atom. The van der Waals surface area contributed by atoms with Crippen LogP contribution in [0.2, 0.25) is 4.34 Å². The molecule has 0 bridgehead atoms. The molecule has 0 spiro atoms. The first kappa shape index (κ1) is 14.4. The van der Waals surface area contributed by atoms with Crippen molar-refractivity contribution < 1.29 is 4.74 Å². The van der Waals surface area contributed by atoms with E-state index < -0.39 is 0 Å². The van der Waals surface area contributed by atoms with Crippen LogP contribution < -0.4 is 5.56 Å². The van der Waals surface area contributed by atoms with Gasteiger partial charge in [0.2, 0.25) is 0 Å². The zero-order valence-corrected chi connectivity index (χ0v) is 14.4. The summed E-state index contributed by atoms with van der Waals surface area (Å²) in [6, 6.07) is 1.83. The lowest BCUT2D eigenvalue weighted by atomic mass is 10.4. The predicted octanol–water partition coefficient (Wildman–Crippen LogP) is 3.67. The molecule has 0 radical (unpaired) electrons. The number of halogens is 3. The summed E-state index contributed by atoms with van der Waals surface area (Å²) >= 11 is 12.6. The molecule has 0 saturated carbocycles. The van der Waals surface area contributed by atoms with E-state index in [1.165, 1.54) is 11.3 Å². The van der Waals surface area contributed by atoms with Crippen LogP contribution in [0.5, 0.6) is 0 Å². The van der Waals surface area contributed by atoms with Gasteiger partial charge in [-0.1, -0.05) is 11.6 Å². The third-order valence-electron chi connectivity index (χ3n) is 2.09. The maximum Gasteiger partial charge on any atom is 0.264 e. The number of hydrogen-bond acceptors (Lipinski definition) is 4. The predicted molar refractivity (Wildman–Crippen MR) is 84.3 cm³/mol. The molecule has 96 valence electrons. The summed E-state index contributed by atoms with van der Waals surface area (Å²) in [6.45, 7) is 0.301. The van der Waals surface area contributed by atoms with E-state index in [1.54, 1.807) is 7.11 Å². The average molecular weight is 462 g/mol. The fourth-order valence-corrected chi connectivity index (χ4v) is 3.38. The molecule has 1 N–H and O–H groups in total. The van der Waals surface area contributed by atoms with Crippen molar-refractivity contribution in [2.75, 3.05) is 7.11 Å². The highest BCUT2D eigenvalue weighted by Gasteiger charge is 2.13. The normalized spacial score (nSPS) is 10.9. The van der Waals surface area contributed by atoms with Crippen molar-refractivity contribution in [3.05, 3.63) is 34.5 Å². The molecule has 2 heterocycles. The molecule has 0 saturated heterocycles. The maximum atomic E-state index is 11.8. The van der Waals surface area contributed by atoms with Crippen molar-refractivity contribution in [3.63, 3.8) is 0 Å². The monoisotopic (exact) mass is 460 g/mol. The van der Waals surface area contributed by atoms with Gasteiger partial charge in [-0.05, 0) is 44.6 Å². The molecule has 0 amide bonds.